The van der Waals surface area contributed by atoms with Crippen LogP contribution in [0.3, 0.4) is 0 Å². The van der Waals surface area contributed by atoms with Crippen LogP contribution in [-0.4, -0.2) is 39.0 Å². The number of ether oxygens (including phenoxy) is 2. The molecule has 90 valence electrons. The van der Waals surface area contributed by atoms with Crippen molar-refractivity contribution in [2.24, 2.45) is 0 Å². The molecule has 3 heteroatoms. The summed E-state index contributed by atoms with van der Waals surface area (Å²) in [7, 11) is 1.70. The van der Waals surface area contributed by atoms with Crippen LogP contribution in [0.5, 0.6) is 0 Å². The topological polar surface area (TPSA) is 30.5 Å². The number of methoxy groups -OCH3 is 1. The Morgan fingerprint density at radius 1 is 1.40 bits per heavy atom. The minimum absolute atomic E-state index is 0.155. The summed E-state index contributed by atoms with van der Waals surface area (Å²) in [5, 5.41) is 3.35. The number of nitrogens with one attached hydrogen (secondary N) is 1. The predicted octanol–water partition coefficient (Wildman–Crippen LogP) is 1.98. The fourth-order valence-corrected chi connectivity index (χ4v) is 1.20. The molecule has 0 radical (unpaired) electrons. The lowest BCUT2D eigenvalue weighted by Crippen LogP contribution is -2.36. The van der Waals surface area contributed by atoms with Gasteiger partial charge in [-0.2, -0.15) is 0 Å². The first-order chi connectivity index (χ1) is 7.20. The molecule has 0 aromatic carbocycles. The lowest BCUT2D eigenvalue weighted by atomic mass is 10.3. The van der Waals surface area contributed by atoms with Gasteiger partial charge >= 0.3 is 0 Å². The highest BCUT2D eigenvalue weighted by atomic mass is 16.5. The molecule has 1 N–H and O–H groups in total. The highest BCUT2D eigenvalue weighted by Crippen LogP contribution is 1.97. The molecule has 0 aliphatic carbocycles. The van der Waals surface area contributed by atoms with Gasteiger partial charge in [0, 0.05) is 26.3 Å². The van der Waals surface area contributed by atoms with Crippen LogP contribution in [0, 0.1) is 0 Å². The standard InChI is InChI=1S/C12H25NO2/c1-5-6-7-8-15-12(10-14-4)9-13-11(2)3/h5,11-13H,1,6-10H2,2-4H3. The lowest BCUT2D eigenvalue weighted by Gasteiger charge is -2.19. The number of rotatable bonds is 10. The Balaban J connectivity index is 3.57. The summed E-state index contributed by atoms with van der Waals surface area (Å²) in [4.78, 5) is 0. The van der Waals surface area contributed by atoms with E-state index >= 15 is 0 Å². The highest BCUT2D eigenvalue weighted by molar-refractivity contribution is 4.67. The maximum Gasteiger partial charge on any atom is 0.0932 e. The molecule has 0 amide bonds. The third-order valence-electron chi connectivity index (χ3n) is 2.01. The van der Waals surface area contributed by atoms with Gasteiger partial charge in [0.15, 0.2) is 0 Å². The van der Waals surface area contributed by atoms with Gasteiger partial charge in [0.1, 0.15) is 0 Å². The molecule has 0 aromatic heterocycles. The van der Waals surface area contributed by atoms with E-state index in [1.165, 1.54) is 0 Å². The van der Waals surface area contributed by atoms with Crippen LogP contribution in [0.2, 0.25) is 0 Å². The molecule has 0 aliphatic rings. The van der Waals surface area contributed by atoms with E-state index in [2.05, 4.69) is 25.7 Å². The molecule has 0 saturated carbocycles. The third-order valence-corrected chi connectivity index (χ3v) is 2.01. The maximum absolute atomic E-state index is 5.70. The Labute approximate surface area is 93.8 Å². The Kier molecular flexibility index (Phi) is 9.89. The van der Waals surface area contributed by atoms with Crippen molar-refractivity contribution in [2.45, 2.75) is 38.8 Å². The van der Waals surface area contributed by atoms with Crippen LogP contribution in [-0.2, 0) is 9.47 Å². The molecule has 0 aliphatic heterocycles. The minimum atomic E-state index is 0.155. The minimum Gasteiger partial charge on any atom is -0.382 e. The number of unbranched alkanes of at least 4 members (excludes halogenated alkanes) is 1. The van der Waals surface area contributed by atoms with Gasteiger partial charge in [0.05, 0.1) is 12.7 Å². The van der Waals surface area contributed by atoms with E-state index < -0.39 is 0 Å². The zero-order valence-corrected chi connectivity index (χ0v) is 10.3. The summed E-state index contributed by atoms with van der Waals surface area (Å²) in [6, 6.07) is 0.487. The van der Waals surface area contributed by atoms with E-state index in [0.29, 0.717) is 12.6 Å². The Bertz CT molecular complexity index is 149. The zero-order chi connectivity index (χ0) is 11.5. The molecule has 0 spiro atoms. The van der Waals surface area contributed by atoms with E-state index in [-0.39, 0.29) is 6.10 Å². The number of hydrogen-bond donors (Lipinski definition) is 1. The number of allylic oxidation sites excluding steroid dienone is 1. The van der Waals surface area contributed by atoms with Crippen molar-refractivity contribution in [3.63, 3.8) is 0 Å². The van der Waals surface area contributed by atoms with E-state index in [0.717, 1.165) is 26.0 Å². The van der Waals surface area contributed by atoms with Gasteiger partial charge in [-0.1, -0.05) is 19.9 Å². The first-order valence-corrected chi connectivity index (χ1v) is 5.65. The molecule has 0 saturated heterocycles. The van der Waals surface area contributed by atoms with E-state index in [1.807, 2.05) is 6.08 Å². The van der Waals surface area contributed by atoms with Crippen LogP contribution >= 0.6 is 0 Å². The molecule has 0 heterocycles. The summed E-state index contributed by atoms with van der Waals surface area (Å²) in [5.74, 6) is 0. The lowest BCUT2D eigenvalue weighted by molar-refractivity contribution is -0.00244. The van der Waals surface area contributed by atoms with Crippen LogP contribution in [0.15, 0.2) is 12.7 Å². The smallest absolute Gasteiger partial charge is 0.0932 e. The average Bonchev–Trinajstić information content (AvgIpc) is 2.20. The molecule has 0 fully saturated rings. The van der Waals surface area contributed by atoms with Crippen molar-refractivity contribution in [3.05, 3.63) is 12.7 Å². The first kappa shape index (κ1) is 14.6. The highest BCUT2D eigenvalue weighted by Gasteiger charge is 2.08. The van der Waals surface area contributed by atoms with Gasteiger partial charge < -0.3 is 14.8 Å². The molecule has 1 atom stereocenters. The molecule has 3 nitrogen and oxygen atoms in total. The monoisotopic (exact) mass is 215 g/mol. The molecule has 0 bridgehead atoms. The van der Waals surface area contributed by atoms with Crippen molar-refractivity contribution in [1.29, 1.82) is 0 Å². The second-order valence-electron chi connectivity index (χ2n) is 3.94. The summed E-state index contributed by atoms with van der Waals surface area (Å²) in [6.07, 6.45) is 4.12. The summed E-state index contributed by atoms with van der Waals surface area (Å²) < 4.78 is 10.8. The molecule has 15 heavy (non-hydrogen) atoms. The van der Waals surface area contributed by atoms with Crippen molar-refractivity contribution in [1.82, 2.24) is 5.32 Å². The maximum atomic E-state index is 5.70. The van der Waals surface area contributed by atoms with Crippen LogP contribution in [0.4, 0.5) is 0 Å². The van der Waals surface area contributed by atoms with Crippen molar-refractivity contribution in [3.8, 4) is 0 Å². The molecular weight excluding hydrogens is 190 g/mol. The Morgan fingerprint density at radius 2 is 2.13 bits per heavy atom. The third kappa shape index (κ3) is 9.91. The predicted molar refractivity (Wildman–Crippen MR) is 64.2 cm³/mol. The van der Waals surface area contributed by atoms with Gasteiger partial charge in [-0.15, -0.1) is 6.58 Å². The van der Waals surface area contributed by atoms with Crippen molar-refractivity contribution < 1.29 is 9.47 Å². The largest absolute Gasteiger partial charge is 0.382 e. The summed E-state index contributed by atoms with van der Waals surface area (Å²) in [6.45, 7) is 10.2. The Morgan fingerprint density at radius 3 is 2.67 bits per heavy atom. The van der Waals surface area contributed by atoms with Gasteiger partial charge in [0.2, 0.25) is 0 Å². The van der Waals surface area contributed by atoms with Gasteiger partial charge in [0.25, 0.3) is 0 Å². The van der Waals surface area contributed by atoms with E-state index in [9.17, 15) is 0 Å². The number of hydrogen-bond acceptors (Lipinski definition) is 3. The second-order valence-corrected chi connectivity index (χ2v) is 3.94. The second kappa shape index (κ2) is 10.1. The molecular formula is C12H25NO2. The van der Waals surface area contributed by atoms with Gasteiger partial charge in [-0.05, 0) is 12.8 Å². The zero-order valence-electron chi connectivity index (χ0n) is 10.3. The first-order valence-electron chi connectivity index (χ1n) is 5.65. The van der Waals surface area contributed by atoms with E-state index in [4.69, 9.17) is 9.47 Å². The molecule has 1 unspecified atom stereocenters. The van der Waals surface area contributed by atoms with Gasteiger partial charge in [-0.3, -0.25) is 0 Å². The SMILES string of the molecule is C=CCCCOC(CNC(C)C)COC. The van der Waals surface area contributed by atoms with Crippen LogP contribution in [0.25, 0.3) is 0 Å². The van der Waals surface area contributed by atoms with E-state index in [1.54, 1.807) is 7.11 Å². The molecule has 0 aromatic rings. The summed E-state index contributed by atoms with van der Waals surface area (Å²) in [5.41, 5.74) is 0. The summed E-state index contributed by atoms with van der Waals surface area (Å²) >= 11 is 0. The van der Waals surface area contributed by atoms with Crippen molar-refractivity contribution >= 4 is 0 Å². The van der Waals surface area contributed by atoms with Crippen LogP contribution in [0.1, 0.15) is 26.7 Å². The average molecular weight is 215 g/mol. The van der Waals surface area contributed by atoms with Crippen molar-refractivity contribution in [2.75, 3.05) is 26.9 Å². The van der Waals surface area contributed by atoms with Gasteiger partial charge in [-0.25, -0.2) is 0 Å². The fraction of sp³-hybridized carbons (Fsp3) is 0.833. The fourth-order valence-electron chi connectivity index (χ4n) is 1.20. The molecule has 0 rings (SSSR count). The van der Waals surface area contributed by atoms with Crippen LogP contribution < -0.4 is 5.32 Å². The normalized spacial score (nSPS) is 13.1. The Hall–Kier alpha value is -0.380. The quantitative estimate of drug-likeness (QED) is 0.446.